The standard InChI is InChI=1S/C59H37N3OS/c1-2-11-36(12-3-1)38-21-23-39(24-22-38)41-17-10-18-42(29-41)47-32-51(56-50-31-43-15-6-7-16-44(43)33-52(50)63-53(56)34-47)59-61-57(45-26-25-37-13-4-5-14-40(37)30-45)60-58(62-59)46-27-28-49-48-19-8-9-20-54(48)64-55(49)35-46/h1-35,58H,(H,60,61,62). The first kappa shape index (κ1) is 36.5. The Morgan fingerprint density at radius 1 is 0.406 bits per heavy atom. The number of furan rings is 1. The Balaban J connectivity index is 0.996. The highest BCUT2D eigenvalue weighted by molar-refractivity contribution is 7.25. The van der Waals surface area contributed by atoms with Crippen LogP contribution in [-0.4, -0.2) is 11.7 Å². The zero-order valence-electron chi connectivity index (χ0n) is 34.5. The van der Waals surface area contributed by atoms with E-state index in [0.29, 0.717) is 5.84 Å². The van der Waals surface area contributed by atoms with E-state index < -0.39 is 6.17 Å². The van der Waals surface area contributed by atoms with Crippen LogP contribution in [0.5, 0.6) is 0 Å². The molecule has 0 bridgehead atoms. The summed E-state index contributed by atoms with van der Waals surface area (Å²) in [4.78, 5) is 10.8. The molecule has 1 N–H and O–H groups in total. The maximum atomic E-state index is 6.86. The second-order valence-corrected chi connectivity index (χ2v) is 17.7. The number of benzene rings is 10. The minimum atomic E-state index is -0.400. The van der Waals surface area contributed by atoms with Gasteiger partial charge in [-0.15, -0.1) is 11.3 Å². The van der Waals surface area contributed by atoms with Gasteiger partial charge in [0.2, 0.25) is 0 Å². The van der Waals surface area contributed by atoms with Gasteiger partial charge in [-0.25, -0.2) is 9.98 Å². The number of rotatable bonds is 6. The normalized spacial score (nSPS) is 14.1. The van der Waals surface area contributed by atoms with Gasteiger partial charge in [-0.3, -0.25) is 0 Å². The Kier molecular flexibility index (Phi) is 8.43. The van der Waals surface area contributed by atoms with Crippen molar-refractivity contribution in [2.24, 2.45) is 9.98 Å². The molecule has 1 atom stereocenters. The lowest BCUT2D eigenvalue weighted by Crippen LogP contribution is -2.33. The van der Waals surface area contributed by atoms with Gasteiger partial charge in [-0.05, 0) is 109 Å². The minimum absolute atomic E-state index is 0.400. The Hall–Kier alpha value is -8.12. The number of hydrogen-bond acceptors (Lipinski definition) is 5. The Morgan fingerprint density at radius 3 is 1.88 bits per heavy atom. The van der Waals surface area contributed by atoms with Crippen molar-refractivity contribution in [2.75, 3.05) is 0 Å². The summed E-state index contributed by atoms with van der Waals surface area (Å²) in [7, 11) is 0. The molecule has 1 unspecified atom stereocenters. The largest absolute Gasteiger partial charge is 0.456 e. The first-order valence-corrected chi connectivity index (χ1v) is 22.5. The molecule has 0 saturated heterocycles. The summed E-state index contributed by atoms with van der Waals surface area (Å²) >= 11 is 1.82. The summed E-state index contributed by atoms with van der Waals surface area (Å²) in [6.07, 6.45) is -0.400. The van der Waals surface area contributed by atoms with E-state index in [9.17, 15) is 0 Å². The van der Waals surface area contributed by atoms with Gasteiger partial charge in [0.05, 0.1) is 0 Å². The van der Waals surface area contributed by atoms with Gasteiger partial charge >= 0.3 is 0 Å². The Bertz CT molecular complexity index is 3880. The number of thiophene rings is 1. The van der Waals surface area contributed by atoms with E-state index in [0.717, 1.165) is 82.9 Å². The highest BCUT2D eigenvalue weighted by atomic mass is 32.1. The molecule has 13 rings (SSSR count). The van der Waals surface area contributed by atoms with Crippen LogP contribution in [-0.2, 0) is 0 Å². The smallest absolute Gasteiger partial charge is 0.159 e. The number of nitrogens with zero attached hydrogens (tertiary/aromatic N) is 2. The average Bonchev–Trinajstić information content (AvgIpc) is 3.92. The molecule has 0 radical (unpaired) electrons. The number of amidine groups is 2. The molecule has 64 heavy (non-hydrogen) atoms. The molecule has 2 aromatic heterocycles. The van der Waals surface area contributed by atoms with E-state index >= 15 is 0 Å². The molecule has 3 heterocycles. The van der Waals surface area contributed by atoms with E-state index in [4.69, 9.17) is 14.4 Å². The zero-order valence-corrected chi connectivity index (χ0v) is 35.3. The average molecular weight is 836 g/mol. The molecule has 1 aliphatic rings. The molecule has 0 spiro atoms. The van der Waals surface area contributed by atoms with Crippen molar-refractivity contribution in [3.05, 3.63) is 229 Å². The third kappa shape index (κ3) is 6.28. The summed E-state index contributed by atoms with van der Waals surface area (Å²) in [6, 6.07) is 75.9. The van der Waals surface area contributed by atoms with E-state index in [1.165, 1.54) is 36.7 Å². The van der Waals surface area contributed by atoms with Gasteiger partial charge in [-0.2, -0.15) is 0 Å². The zero-order chi connectivity index (χ0) is 42.1. The SMILES string of the molecule is c1ccc(-c2ccc(-c3cccc(-c4cc(C5=NC(c6ccc7ccccc7c6)=NC(c6ccc7c(c6)sc6ccccc67)N5)c5c(c4)oc4cc6ccccc6cc45)c3)cc2)cc1. The van der Waals surface area contributed by atoms with E-state index in [-0.39, 0.29) is 0 Å². The maximum absolute atomic E-state index is 6.86. The van der Waals surface area contributed by atoms with Crippen molar-refractivity contribution in [1.82, 2.24) is 5.32 Å². The van der Waals surface area contributed by atoms with Gasteiger partial charge in [0.1, 0.15) is 23.2 Å². The third-order valence-electron chi connectivity index (χ3n) is 12.7. The molecule has 300 valence electrons. The van der Waals surface area contributed by atoms with Gasteiger partial charge in [0, 0.05) is 42.1 Å². The quantitative estimate of drug-likeness (QED) is 0.181. The fourth-order valence-corrected chi connectivity index (χ4v) is 10.6. The van der Waals surface area contributed by atoms with Crippen LogP contribution in [0.1, 0.15) is 22.9 Å². The number of nitrogens with one attached hydrogen (secondary N) is 1. The first-order chi connectivity index (χ1) is 31.6. The molecule has 4 nitrogen and oxygen atoms in total. The second-order valence-electron chi connectivity index (χ2n) is 16.6. The van der Waals surface area contributed by atoms with Crippen LogP contribution in [0.15, 0.2) is 227 Å². The number of hydrogen-bond donors (Lipinski definition) is 1. The Morgan fingerprint density at radius 2 is 1.05 bits per heavy atom. The lowest BCUT2D eigenvalue weighted by atomic mass is 9.94. The van der Waals surface area contributed by atoms with Crippen molar-refractivity contribution in [2.45, 2.75) is 6.17 Å². The number of fused-ring (bicyclic) bond motifs is 8. The van der Waals surface area contributed by atoms with Crippen LogP contribution in [0.4, 0.5) is 0 Å². The van der Waals surface area contributed by atoms with Crippen molar-refractivity contribution < 1.29 is 4.42 Å². The van der Waals surface area contributed by atoms with Crippen LogP contribution in [0, 0.1) is 0 Å². The summed E-state index contributed by atoms with van der Waals surface area (Å²) in [5, 5.41) is 13.1. The summed E-state index contributed by atoms with van der Waals surface area (Å²) in [5.41, 5.74) is 11.5. The lowest BCUT2D eigenvalue weighted by Gasteiger charge is -2.24. The lowest BCUT2D eigenvalue weighted by molar-refractivity contribution is 0.668. The third-order valence-corrected chi connectivity index (χ3v) is 13.8. The van der Waals surface area contributed by atoms with Crippen LogP contribution >= 0.6 is 11.3 Å². The van der Waals surface area contributed by atoms with Crippen molar-refractivity contribution in [1.29, 1.82) is 0 Å². The van der Waals surface area contributed by atoms with Gasteiger partial charge in [-0.1, -0.05) is 164 Å². The van der Waals surface area contributed by atoms with Crippen LogP contribution in [0.25, 0.3) is 97.0 Å². The molecule has 10 aromatic carbocycles. The summed E-state index contributed by atoms with van der Waals surface area (Å²) < 4.78 is 9.37. The highest BCUT2D eigenvalue weighted by Crippen LogP contribution is 2.40. The van der Waals surface area contributed by atoms with E-state index in [2.05, 4.69) is 218 Å². The monoisotopic (exact) mass is 835 g/mol. The second kappa shape index (κ2) is 14.8. The van der Waals surface area contributed by atoms with Crippen molar-refractivity contribution in [3.8, 4) is 33.4 Å². The van der Waals surface area contributed by atoms with Crippen LogP contribution in [0.3, 0.4) is 0 Å². The predicted octanol–water partition coefficient (Wildman–Crippen LogP) is 15.8. The predicted molar refractivity (Wildman–Crippen MR) is 270 cm³/mol. The molecular weight excluding hydrogens is 799 g/mol. The van der Waals surface area contributed by atoms with Gasteiger partial charge in [0.15, 0.2) is 5.84 Å². The van der Waals surface area contributed by atoms with E-state index in [1.807, 2.05) is 11.3 Å². The number of aliphatic imine (C=N–C) groups is 2. The molecule has 0 aliphatic carbocycles. The minimum Gasteiger partial charge on any atom is -0.456 e. The Labute approximate surface area is 373 Å². The topological polar surface area (TPSA) is 49.9 Å². The van der Waals surface area contributed by atoms with Crippen molar-refractivity contribution in [3.63, 3.8) is 0 Å². The molecule has 0 saturated carbocycles. The molecule has 0 amide bonds. The van der Waals surface area contributed by atoms with Crippen molar-refractivity contribution >= 4 is 86.7 Å². The molecule has 5 heteroatoms. The summed E-state index contributed by atoms with van der Waals surface area (Å²) in [6.45, 7) is 0. The molecule has 0 fully saturated rings. The fraction of sp³-hybridized carbons (Fsp3) is 0.0169. The summed E-state index contributed by atoms with van der Waals surface area (Å²) in [5.74, 6) is 1.42. The molecular formula is C59H37N3OS. The van der Waals surface area contributed by atoms with Gasteiger partial charge in [0.25, 0.3) is 0 Å². The fourth-order valence-electron chi connectivity index (χ4n) is 9.44. The van der Waals surface area contributed by atoms with E-state index in [1.54, 1.807) is 0 Å². The maximum Gasteiger partial charge on any atom is 0.159 e. The highest BCUT2D eigenvalue weighted by Gasteiger charge is 2.26. The first-order valence-electron chi connectivity index (χ1n) is 21.6. The molecule has 12 aromatic rings. The van der Waals surface area contributed by atoms with Gasteiger partial charge < -0.3 is 9.73 Å². The van der Waals surface area contributed by atoms with Crippen LogP contribution in [0.2, 0.25) is 0 Å². The van der Waals surface area contributed by atoms with Crippen LogP contribution < -0.4 is 5.32 Å². The molecule has 1 aliphatic heterocycles.